The van der Waals surface area contributed by atoms with Crippen molar-refractivity contribution in [3.8, 4) is 5.75 Å². The highest BCUT2D eigenvalue weighted by Gasteiger charge is 2.08. The summed E-state index contributed by atoms with van der Waals surface area (Å²) in [5.41, 5.74) is 0.352. The van der Waals surface area contributed by atoms with Crippen molar-refractivity contribution in [1.29, 1.82) is 0 Å². The van der Waals surface area contributed by atoms with E-state index in [1.165, 1.54) is 0 Å². The third kappa shape index (κ3) is 6.58. The van der Waals surface area contributed by atoms with E-state index >= 15 is 0 Å². The van der Waals surface area contributed by atoms with Crippen LogP contribution in [0.1, 0.15) is 13.3 Å². The first kappa shape index (κ1) is 16.0. The van der Waals surface area contributed by atoms with Gasteiger partial charge in [-0.05, 0) is 53.8 Å². The van der Waals surface area contributed by atoms with Gasteiger partial charge in [0.15, 0.2) is 0 Å². The van der Waals surface area contributed by atoms with Crippen LogP contribution >= 0.6 is 22.6 Å². The molecular formula is C14H17IO4. The molecule has 5 heteroatoms. The van der Waals surface area contributed by atoms with Crippen molar-refractivity contribution in [2.45, 2.75) is 19.4 Å². The largest absolute Gasteiger partial charge is 0.491 e. The van der Waals surface area contributed by atoms with E-state index in [0.717, 1.165) is 3.57 Å². The zero-order valence-electron chi connectivity index (χ0n) is 10.8. The minimum Gasteiger partial charge on any atom is -0.491 e. The lowest BCUT2D eigenvalue weighted by atomic mass is 10.3. The van der Waals surface area contributed by atoms with Crippen LogP contribution < -0.4 is 4.74 Å². The maximum Gasteiger partial charge on any atom is 0.333 e. The van der Waals surface area contributed by atoms with E-state index in [0.29, 0.717) is 17.7 Å². The molecule has 1 N–H and O–H groups in total. The van der Waals surface area contributed by atoms with Gasteiger partial charge < -0.3 is 14.6 Å². The van der Waals surface area contributed by atoms with Crippen molar-refractivity contribution in [2.75, 3.05) is 13.2 Å². The molecule has 0 fully saturated rings. The third-order valence-electron chi connectivity index (χ3n) is 2.29. The van der Waals surface area contributed by atoms with E-state index in [-0.39, 0.29) is 13.2 Å². The van der Waals surface area contributed by atoms with Crippen LogP contribution in [0.4, 0.5) is 0 Å². The third-order valence-corrected chi connectivity index (χ3v) is 3.01. The van der Waals surface area contributed by atoms with Gasteiger partial charge in [-0.25, -0.2) is 4.79 Å². The molecule has 0 spiro atoms. The topological polar surface area (TPSA) is 55.8 Å². The smallest absolute Gasteiger partial charge is 0.333 e. The van der Waals surface area contributed by atoms with E-state index in [4.69, 9.17) is 9.47 Å². The summed E-state index contributed by atoms with van der Waals surface area (Å²) in [5, 5.41) is 9.68. The number of hydrogen-bond donors (Lipinski definition) is 1. The Balaban J connectivity index is 2.21. The quantitative estimate of drug-likeness (QED) is 0.452. The average molecular weight is 376 g/mol. The van der Waals surface area contributed by atoms with Crippen molar-refractivity contribution in [2.24, 2.45) is 0 Å². The van der Waals surface area contributed by atoms with E-state index in [1.807, 2.05) is 24.3 Å². The number of aliphatic hydroxyl groups is 1. The van der Waals surface area contributed by atoms with E-state index in [1.54, 1.807) is 6.92 Å². The van der Waals surface area contributed by atoms with Gasteiger partial charge in [-0.1, -0.05) is 6.58 Å². The molecule has 1 rings (SSSR count). The second-order valence-electron chi connectivity index (χ2n) is 4.12. The summed E-state index contributed by atoms with van der Waals surface area (Å²) in [7, 11) is 0. The van der Waals surface area contributed by atoms with Gasteiger partial charge in [-0.15, -0.1) is 0 Å². The summed E-state index contributed by atoms with van der Waals surface area (Å²) in [5.74, 6) is 0.268. The van der Waals surface area contributed by atoms with Gasteiger partial charge in [0, 0.05) is 15.6 Å². The molecule has 4 nitrogen and oxygen atoms in total. The van der Waals surface area contributed by atoms with Gasteiger partial charge >= 0.3 is 5.97 Å². The lowest BCUT2D eigenvalue weighted by Gasteiger charge is -2.12. The maximum atomic E-state index is 11.1. The molecule has 0 aliphatic heterocycles. The molecule has 0 aliphatic carbocycles. The predicted octanol–water partition coefficient (Wildman–Crippen LogP) is 2.54. The molecule has 0 radical (unpaired) electrons. The fraction of sp³-hybridized carbons (Fsp3) is 0.357. The molecule has 1 atom stereocenters. The van der Waals surface area contributed by atoms with Crippen LogP contribution in [0.2, 0.25) is 0 Å². The molecule has 0 saturated carbocycles. The molecule has 0 amide bonds. The number of carbonyl (C=O) groups is 1. The Morgan fingerprint density at radius 2 is 2.05 bits per heavy atom. The lowest BCUT2D eigenvalue weighted by Crippen LogP contribution is -2.20. The van der Waals surface area contributed by atoms with Gasteiger partial charge in [-0.3, -0.25) is 0 Å². The van der Waals surface area contributed by atoms with Crippen LogP contribution in [0.15, 0.2) is 36.4 Å². The average Bonchev–Trinajstić information content (AvgIpc) is 2.37. The van der Waals surface area contributed by atoms with Crippen LogP contribution in [0.5, 0.6) is 5.75 Å². The summed E-state index contributed by atoms with van der Waals surface area (Å²) < 4.78 is 11.4. The maximum absolute atomic E-state index is 11.1. The van der Waals surface area contributed by atoms with Gasteiger partial charge in [0.25, 0.3) is 0 Å². The number of benzene rings is 1. The Kier molecular flexibility index (Phi) is 6.86. The first-order valence-corrected chi connectivity index (χ1v) is 6.96. The van der Waals surface area contributed by atoms with Gasteiger partial charge in [0.05, 0.1) is 12.7 Å². The Hall–Kier alpha value is -1.08. The first-order chi connectivity index (χ1) is 8.99. The summed E-state index contributed by atoms with van der Waals surface area (Å²) in [4.78, 5) is 11.1. The van der Waals surface area contributed by atoms with Crippen molar-refractivity contribution < 1.29 is 19.4 Å². The number of ether oxygens (including phenoxy) is 2. The van der Waals surface area contributed by atoms with Crippen LogP contribution in [-0.4, -0.2) is 30.4 Å². The fourth-order valence-corrected chi connectivity index (χ4v) is 1.58. The molecule has 0 aromatic heterocycles. The highest BCUT2D eigenvalue weighted by atomic mass is 127. The monoisotopic (exact) mass is 376 g/mol. The number of halogens is 1. The SMILES string of the molecule is C=C(C)C(=O)OCCC(O)COc1ccc(I)cc1. The number of rotatable bonds is 7. The van der Waals surface area contributed by atoms with Crippen LogP contribution in [-0.2, 0) is 9.53 Å². The summed E-state index contributed by atoms with van der Waals surface area (Å²) in [6, 6.07) is 7.54. The normalized spacial score (nSPS) is 11.7. The molecule has 0 heterocycles. The van der Waals surface area contributed by atoms with Crippen molar-refractivity contribution >= 4 is 28.6 Å². The highest BCUT2D eigenvalue weighted by molar-refractivity contribution is 14.1. The Labute approximate surface area is 126 Å². The zero-order chi connectivity index (χ0) is 14.3. The fourth-order valence-electron chi connectivity index (χ4n) is 1.22. The van der Waals surface area contributed by atoms with Gasteiger partial charge in [-0.2, -0.15) is 0 Å². The highest BCUT2D eigenvalue weighted by Crippen LogP contribution is 2.13. The van der Waals surface area contributed by atoms with Crippen LogP contribution in [0, 0.1) is 3.57 Å². The van der Waals surface area contributed by atoms with Crippen molar-refractivity contribution in [3.63, 3.8) is 0 Å². The van der Waals surface area contributed by atoms with E-state index in [2.05, 4.69) is 29.2 Å². The molecule has 1 unspecified atom stereocenters. The summed E-state index contributed by atoms with van der Waals surface area (Å²) >= 11 is 2.21. The minimum atomic E-state index is -0.669. The molecule has 104 valence electrons. The minimum absolute atomic E-state index is 0.156. The Morgan fingerprint density at radius 1 is 1.42 bits per heavy atom. The number of aliphatic hydroxyl groups excluding tert-OH is 1. The Morgan fingerprint density at radius 3 is 2.63 bits per heavy atom. The zero-order valence-corrected chi connectivity index (χ0v) is 12.9. The number of carbonyl (C=O) groups excluding carboxylic acids is 1. The Bertz CT molecular complexity index is 428. The van der Waals surface area contributed by atoms with E-state index in [9.17, 15) is 9.90 Å². The lowest BCUT2D eigenvalue weighted by molar-refractivity contribution is -0.139. The molecule has 19 heavy (non-hydrogen) atoms. The van der Waals surface area contributed by atoms with Crippen LogP contribution in [0.3, 0.4) is 0 Å². The van der Waals surface area contributed by atoms with Crippen molar-refractivity contribution in [3.05, 3.63) is 40.0 Å². The summed E-state index contributed by atoms with van der Waals surface area (Å²) in [6.07, 6.45) is -0.333. The molecule has 1 aromatic rings. The van der Waals surface area contributed by atoms with Gasteiger partial charge in [0.1, 0.15) is 12.4 Å². The number of hydrogen-bond acceptors (Lipinski definition) is 4. The molecular weight excluding hydrogens is 359 g/mol. The van der Waals surface area contributed by atoms with Crippen molar-refractivity contribution in [1.82, 2.24) is 0 Å². The van der Waals surface area contributed by atoms with Gasteiger partial charge in [0.2, 0.25) is 0 Å². The van der Waals surface area contributed by atoms with Crippen LogP contribution in [0.25, 0.3) is 0 Å². The number of esters is 1. The first-order valence-electron chi connectivity index (χ1n) is 5.88. The van der Waals surface area contributed by atoms with E-state index < -0.39 is 12.1 Å². The molecule has 0 aliphatic rings. The predicted molar refractivity (Wildman–Crippen MR) is 81.1 cm³/mol. The molecule has 0 bridgehead atoms. The molecule has 0 saturated heterocycles. The molecule has 1 aromatic carbocycles. The summed E-state index contributed by atoms with van der Waals surface area (Å²) in [6.45, 7) is 5.38. The second kappa shape index (κ2) is 8.16. The second-order valence-corrected chi connectivity index (χ2v) is 5.37. The standard InChI is InChI=1S/C14H17IO4/c1-10(2)14(17)18-8-7-12(16)9-19-13-5-3-11(15)4-6-13/h3-6,12,16H,1,7-9H2,2H3.